The van der Waals surface area contributed by atoms with E-state index in [0.29, 0.717) is 6.07 Å². The number of sulfone groups is 1. The van der Waals surface area contributed by atoms with Crippen molar-refractivity contribution in [3.63, 3.8) is 0 Å². The lowest BCUT2D eigenvalue weighted by Gasteiger charge is -2.15. The third-order valence-corrected chi connectivity index (χ3v) is 4.86. The quantitative estimate of drug-likeness (QED) is 0.817. The summed E-state index contributed by atoms with van der Waals surface area (Å²) in [6.45, 7) is 1.47. The molecular formula is C13H16F4O3S. The maximum atomic E-state index is 13.7. The van der Waals surface area contributed by atoms with E-state index in [9.17, 15) is 31.1 Å². The second-order valence-corrected chi connectivity index (χ2v) is 7.07. The molecule has 1 aromatic rings. The van der Waals surface area contributed by atoms with Crippen molar-refractivity contribution in [1.82, 2.24) is 0 Å². The molecule has 0 amide bonds. The lowest BCUT2D eigenvalue weighted by molar-refractivity contribution is -0.140. The molecule has 1 aromatic carbocycles. The second-order valence-electron chi connectivity index (χ2n) is 4.60. The first-order valence-corrected chi connectivity index (χ1v) is 8.14. The summed E-state index contributed by atoms with van der Waals surface area (Å²) in [5.41, 5.74) is -1.92. The van der Waals surface area contributed by atoms with E-state index in [4.69, 9.17) is 0 Å². The van der Waals surface area contributed by atoms with E-state index in [1.54, 1.807) is 0 Å². The Kier molecular flexibility index (Phi) is 5.75. The molecule has 3 nitrogen and oxygen atoms in total. The SMILES string of the molecule is CCS(=O)(=O)CCCC(O)c1cccc(C(F)(F)F)c1F. The zero-order chi connectivity index (χ0) is 16.3. The zero-order valence-corrected chi connectivity index (χ0v) is 12.1. The number of halogens is 4. The van der Waals surface area contributed by atoms with Gasteiger partial charge in [-0.25, -0.2) is 12.8 Å². The van der Waals surface area contributed by atoms with Gasteiger partial charge >= 0.3 is 6.18 Å². The van der Waals surface area contributed by atoms with Crippen LogP contribution in [0.1, 0.15) is 37.0 Å². The Morgan fingerprint density at radius 1 is 1.29 bits per heavy atom. The highest BCUT2D eigenvalue weighted by molar-refractivity contribution is 7.91. The first-order valence-electron chi connectivity index (χ1n) is 6.32. The highest BCUT2D eigenvalue weighted by atomic mass is 32.2. The van der Waals surface area contributed by atoms with Crippen LogP contribution in [-0.2, 0) is 16.0 Å². The first-order chi connectivity index (χ1) is 9.58. The summed E-state index contributed by atoms with van der Waals surface area (Å²) in [5, 5.41) is 9.76. The molecule has 0 bridgehead atoms. The minimum atomic E-state index is -4.84. The van der Waals surface area contributed by atoms with Gasteiger partial charge in [0.2, 0.25) is 0 Å². The van der Waals surface area contributed by atoms with Crippen molar-refractivity contribution < 1.29 is 31.1 Å². The molecule has 0 heterocycles. The van der Waals surface area contributed by atoms with Crippen LogP contribution in [0.3, 0.4) is 0 Å². The molecule has 120 valence electrons. The summed E-state index contributed by atoms with van der Waals surface area (Å²) >= 11 is 0. The minimum absolute atomic E-state index is 0.0486. The average Bonchev–Trinajstić information content (AvgIpc) is 2.37. The minimum Gasteiger partial charge on any atom is -0.388 e. The van der Waals surface area contributed by atoms with Crippen molar-refractivity contribution in [3.8, 4) is 0 Å². The van der Waals surface area contributed by atoms with Crippen LogP contribution in [0.5, 0.6) is 0 Å². The summed E-state index contributed by atoms with van der Waals surface area (Å²) in [5.74, 6) is -1.77. The van der Waals surface area contributed by atoms with Crippen LogP contribution in [0.2, 0.25) is 0 Å². The normalized spacial score (nSPS) is 14.2. The predicted molar refractivity (Wildman–Crippen MR) is 69.9 cm³/mol. The van der Waals surface area contributed by atoms with E-state index in [1.165, 1.54) is 6.92 Å². The number of hydrogen-bond acceptors (Lipinski definition) is 3. The molecule has 0 saturated heterocycles. The number of aliphatic hydroxyl groups excluding tert-OH is 1. The predicted octanol–water partition coefficient (Wildman–Crippen LogP) is 3.09. The smallest absolute Gasteiger partial charge is 0.388 e. The average molecular weight is 328 g/mol. The van der Waals surface area contributed by atoms with Crippen molar-refractivity contribution in [1.29, 1.82) is 0 Å². The lowest BCUT2D eigenvalue weighted by atomic mass is 10.0. The van der Waals surface area contributed by atoms with Gasteiger partial charge in [-0.2, -0.15) is 13.2 Å². The third kappa shape index (κ3) is 4.96. The zero-order valence-electron chi connectivity index (χ0n) is 11.3. The standard InChI is InChI=1S/C13H16F4O3S/c1-2-21(19,20)8-4-7-11(18)9-5-3-6-10(12(9)14)13(15,16)17/h3,5-6,11,18H,2,4,7-8H2,1H3. The molecule has 0 fully saturated rings. The molecule has 1 unspecified atom stereocenters. The Morgan fingerprint density at radius 2 is 1.90 bits per heavy atom. The van der Waals surface area contributed by atoms with Crippen molar-refractivity contribution in [2.75, 3.05) is 11.5 Å². The van der Waals surface area contributed by atoms with Crippen LogP contribution >= 0.6 is 0 Å². The van der Waals surface area contributed by atoms with E-state index in [2.05, 4.69) is 0 Å². The van der Waals surface area contributed by atoms with Crippen molar-refractivity contribution in [3.05, 3.63) is 35.1 Å². The van der Waals surface area contributed by atoms with Gasteiger partial charge in [-0.3, -0.25) is 0 Å². The molecule has 21 heavy (non-hydrogen) atoms. The van der Waals surface area contributed by atoms with E-state index >= 15 is 0 Å². The molecule has 0 saturated carbocycles. The highest BCUT2D eigenvalue weighted by Gasteiger charge is 2.35. The topological polar surface area (TPSA) is 54.4 Å². The Balaban J connectivity index is 2.82. The monoisotopic (exact) mass is 328 g/mol. The molecule has 0 aromatic heterocycles. The van der Waals surface area contributed by atoms with Gasteiger partial charge in [0.25, 0.3) is 0 Å². The Labute approximate surface area is 120 Å². The fraction of sp³-hybridized carbons (Fsp3) is 0.538. The van der Waals surface area contributed by atoms with E-state index in [0.717, 1.165) is 12.1 Å². The van der Waals surface area contributed by atoms with Gasteiger partial charge in [-0.15, -0.1) is 0 Å². The van der Waals surface area contributed by atoms with Crippen molar-refractivity contribution in [2.45, 2.75) is 32.0 Å². The molecule has 0 spiro atoms. The molecule has 0 aliphatic carbocycles. The first kappa shape index (κ1) is 17.9. The maximum Gasteiger partial charge on any atom is 0.419 e. The molecule has 0 aliphatic heterocycles. The Hall–Kier alpha value is -1.15. The van der Waals surface area contributed by atoms with Crippen LogP contribution in [0.4, 0.5) is 17.6 Å². The van der Waals surface area contributed by atoms with Gasteiger partial charge in [0, 0.05) is 11.3 Å². The lowest BCUT2D eigenvalue weighted by Crippen LogP contribution is -2.13. The summed E-state index contributed by atoms with van der Waals surface area (Å²) in [6, 6.07) is 2.66. The van der Waals surface area contributed by atoms with Crippen LogP contribution in [0.15, 0.2) is 18.2 Å². The number of benzene rings is 1. The van der Waals surface area contributed by atoms with E-state index < -0.39 is 39.1 Å². The molecule has 1 N–H and O–H groups in total. The van der Waals surface area contributed by atoms with Gasteiger partial charge < -0.3 is 5.11 Å². The molecule has 1 rings (SSSR count). The fourth-order valence-electron chi connectivity index (χ4n) is 1.82. The van der Waals surface area contributed by atoms with E-state index in [1.807, 2.05) is 0 Å². The van der Waals surface area contributed by atoms with Crippen LogP contribution in [0, 0.1) is 5.82 Å². The highest BCUT2D eigenvalue weighted by Crippen LogP contribution is 2.34. The fourth-order valence-corrected chi connectivity index (χ4v) is 2.72. The van der Waals surface area contributed by atoms with Crippen LogP contribution in [0.25, 0.3) is 0 Å². The number of aliphatic hydroxyl groups is 1. The van der Waals surface area contributed by atoms with Crippen LogP contribution in [-0.4, -0.2) is 25.0 Å². The number of hydrogen-bond donors (Lipinski definition) is 1. The van der Waals surface area contributed by atoms with Crippen molar-refractivity contribution in [2.24, 2.45) is 0 Å². The van der Waals surface area contributed by atoms with Crippen molar-refractivity contribution >= 4 is 9.84 Å². The van der Waals surface area contributed by atoms with Gasteiger partial charge in [0.1, 0.15) is 15.7 Å². The molecule has 0 radical (unpaired) electrons. The Morgan fingerprint density at radius 3 is 2.43 bits per heavy atom. The molecule has 8 heteroatoms. The summed E-state index contributed by atoms with van der Waals surface area (Å²) in [4.78, 5) is 0. The Bertz CT molecular complexity index is 582. The summed E-state index contributed by atoms with van der Waals surface area (Å²) in [7, 11) is -3.22. The summed E-state index contributed by atoms with van der Waals surface area (Å²) in [6.07, 6.45) is -6.39. The van der Waals surface area contributed by atoms with E-state index in [-0.39, 0.29) is 24.3 Å². The molecule has 1 atom stereocenters. The van der Waals surface area contributed by atoms with Gasteiger partial charge in [0.05, 0.1) is 17.4 Å². The maximum absolute atomic E-state index is 13.7. The number of alkyl halides is 3. The van der Waals surface area contributed by atoms with Crippen LogP contribution < -0.4 is 0 Å². The summed E-state index contributed by atoms with van der Waals surface area (Å²) < 4.78 is 73.9. The molecular weight excluding hydrogens is 312 g/mol. The second kappa shape index (κ2) is 6.74. The number of rotatable bonds is 6. The van der Waals surface area contributed by atoms with Gasteiger partial charge in [0.15, 0.2) is 0 Å². The molecule has 0 aliphatic rings. The van der Waals surface area contributed by atoms with Gasteiger partial charge in [-0.05, 0) is 18.9 Å². The van der Waals surface area contributed by atoms with Gasteiger partial charge in [-0.1, -0.05) is 19.1 Å². The third-order valence-electron chi connectivity index (χ3n) is 3.07. The largest absolute Gasteiger partial charge is 0.419 e.